The van der Waals surface area contributed by atoms with Gasteiger partial charge in [0.15, 0.2) is 5.75 Å². The molecule has 1 aliphatic heterocycles. The summed E-state index contributed by atoms with van der Waals surface area (Å²) in [7, 11) is 1.58. The van der Waals surface area contributed by atoms with Gasteiger partial charge in [-0.1, -0.05) is 11.6 Å². The zero-order valence-electron chi connectivity index (χ0n) is 12.3. The number of ether oxygens (including phenoxy) is 2. The highest BCUT2D eigenvalue weighted by molar-refractivity contribution is 6.30. The second-order valence-corrected chi connectivity index (χ2v) is 5.50. The lowest BCUT2D eigenvalue weighted by atomic mass is 10.1. The van der Waals surface area contributed by atoms with Gasteiger partial charge >= 0.3 is 6.01 Å². The largest absolute Gasteiger partial charge is 0.494 e. The second kappa shape index (κ2) is 6.79. The van der Waals surface area contributed by atoms with E-state index in [1.807, 2.05) is 12.1 Å². The molecule has 22 heavy (non-hydrogen) atoms. The lowest BCUT2D eigenvalue weighted by Gasteiger charge is -2.33. The first-order valence-electron chi connectivity index (χ1n) is 7.14. The van der Waals surface area contributed by atoms with Crippen molar-refractivity contribution in [3.63, 3.8) is 0 Å². The average molecular weight is 321 g/mol. The number of pyridine rings is 1. The summed E-state index contributed by atoms with van der Waals surface area (Å²) in [6.45, 7) is 1.71. The van der Waals surface area contributed by atoms with Gasteiger partial charge in [0.1, 0.15) is 11.9 Å². The fraction of sp³-hybridized carbons (Fsp3) is 0.400. The predicted molar refractivity (Wildman–Crippen MR) is 83.7 cm³/mol. The molecule has 1 unspecified atom stereocenters. The highest BCUT2D eigenvalue weighted by Gasteiger charge is 2.23. The third kappa shape index (κ3) is 3.57. The highest BCUT2D eigenvalue weighted by atomic mass is 35.5. The van der Waals surface area contributed by atoms with E-state index in [4.69, 9.17) is 21.1 Å². The Kier molecular flexibility index (Phi) is 4.58. The summed E-state index contributed by atoms with van der Waals surface area (Å²) in [5.41, 5.74) is 0. The second-order valence-electron chi connectivity index (χ2n) is 5.07. The van der Waals surface area contributed by atoms with Crippen LogP contribution in [0.25, 0.3) is 0 Å². The van der Waals surface area contributed by atoms with E-state index in [0.29, 0.717) is 16.8 Å². The van der Waals surface area contributed by atoms with E-state index in [0.717, 1.165) is 31.7 Å². The number of nitrogens with zero attached hydrogens (tertiary/aromatic N) is 4. The Balaban J connectivity index is 1.63. The Hall–Kier alpha value is -2.08. The van der Waals surface area contributed by atoms with Crippen molar-refractivity contribution in [1.82, 2.24) is 15.0 Å². The number of methoxy groups -OCH3 is 1. The number of halogens is 1. The SMILES string of the molecule is COc1cnc(OC2CCCN(c3ccc(Cl)cn3)C2)nc1. The molecule has 1 saturated heterocycles. The van der Waals surface area contributed by atoms with Crippen molar-refractivity contribution >= 4 is 17.4 Å². The van der Waals surface area contributed by atoms with Gasteiger partial charge in [-0.15, -0.1) is 0 Å². The van der Waals surface area contributed by atoms with Gasteiger partial charge in [0.2, 0.25) is 0 Å². The van der Waals surface area contributed by atoms with Gasteiger partial charge in [-0.05, 0) is 25.0 Å². The molecule has 7 heteroatoms. The number of hydrogen-bond donors (Lipinski definition) is 0. The zero-order chi connectivity index (χ0) is 15.4. The van der Waals surface area contributed by atoms with Crippen molar-refractivity contribution in [1.29, 1.82) is 0 Å². The Bertz CT molecular complexity index is 606. The Morgan fingerprint density at radius 2 is 2.00 bits per heavy atom. The van der Waals surface area contributed by atoms with Gasteiger partial charge in [-0.25, -0.2) is 4.98 Å². The first-order valence-corrected chi connectivity index (χ1v) is 7.51. The van der Waals surface area contributed by atoms with Gasteiger partial charge in [0, 0.05) is 12.7 Å². The van der Waals surface area contributed by atoms with Crippen LogP contribution < -0.4 is 14.4 Å². The lowest BCUT2D eigenvalue weighted by molar-refractivity contribution is 0.163. The molecular weight excluding hydrogens is 304 g/mol. The quantitative estimate of drug-likeness (QED) is 0.863. The van der Waals surface area contributed by atoms with E-state index >= 15 is 0 Å². The Labute approximate surface area is 134 Å². The summed E-state index contributed by atoms with van der Waals surface area (Å²) in [6, 6.07) is 4.15. The molecule has 0 radical (unpaired) electrons. The minimum absolute atomic E-state index is 0.0413. The van der Waals surface area contributed by atoms with E-state index in [-0.39, 0.29) is 6.10 Å². The van der Waals surface area contributed by atoms with E-state index in [1.54, 1.807) is 25.7 Å². The molecule has 116 valence electrons. The molecule has 1 atom stereocenters. The number of aromatic nitrogens is 3. The lowest BCUT2D eigenvalue weighted by Crippen LogP contribution is -2.41. The summed E-state index contributed by atoms with van der Waals surface area (Å²) in [5, 5.41) is 0.639. The van der Waals surface area contributed by atoms with Gasteiger partial charge in [-0.3, -0.25) is 0 Å². The van der Waals surface area contributed by atoms with Crippen molar-refractivity contribution in [3.8, 4) is 11.8 Å². The first-order chi connectivity index (χ1) is 10.7. The standard InChI is InChI=1S/C15H17ClN4O2/c1-21-13-8-18-15(19-9-13)22-12-3-2-6-20(10-12)14-5-4-11(16)7-17-14/h4-5,7-9,12H,2-3,6,10H2,1H3. The molecule has 0 saturated carbocycles. The maximum absolute atomic E-state index is 5.88. The Morgan fingerprint density at radius 3 is 2.68 bits per heavy atom. The number of rotatable bonds is 4. The molecule has 3 rings (SSSR count). The Morgan fingerprint density at radius 1 is 1.18 bits per heavy atom. The molecule has 0 aliphatic carbocycles. The van der Waals surface area contributed by atoms with Crippen LogP contribution in [-0.2, 0) is 0 Å². The smallest absolute Gasteiger partial charge is 0.316 e. The molecular formula is C15H17ClN4O2. The minimum atomic E-state index is 0.0413. The van der Waals surface area contributed by atoms with Crippen LogP contribution in [0.4, 0.5) is 5.82 Å². The summed E-state index contributed by atoms with van der Waals surface area (Å²) in [5.74, 6) is 1.52. The number of hydrogen-bond acceptors (Lipinski definition) is 6. The van der Waals surface area contributed by atoms with E-state index in [1.165, 1.54) is 0 Å². The van der Waals surface area contributed by atoms with Crippen molar-refractivity contribution in [2.75, 3.05) is 25.1 Å². The maximum atomic E-state index is 5.88. The molecule has 1 aliphatic rings. The predicted octanol–water partition coefficient (Wildman–Crippen LogP) is 2.58. The fourth-order valence-corrected chi connectivity index (χ4v) is 2.53. The van der Waals surface area contributed by atoms with Crippen LogP contribution in [-0.4, -0.2) is 41.3 Å². The first kappa shape index (κ1) is 14.8. The van der Waals surface area contributed by atoms with Crippen LogP contribution in [0.5, 0.6) is 11.8 Å². The van der Waals surface area contributed by atoms with Crippen LogP contribution in [0.3, 0.4) is 0 Å². The monoisotopic (exact) mass is 320 g/mol. The average Bonchev–Trinajstić information content (AvgIpc) is 2.56. The topological polar surface area (TPSA) is 60.4 Å². The summed E-state index contributed by atoms with van der Waals surface area (Å²) in [4.78, 5) is 14.8. The van der Waals surface area contributed by atoms with Gasteiger partial charge in [0.05, 0.1) is 31.1 Å². The van der Waals surface area contributed by atoms with Crippen LogP contribution >= 0.6 is 11.6 Å². The fourth-order valence-electron chi connectivity index (χ4n) is 2.42. The normalized spacial score (nSPS) is 18.1. The zero-order valence-corrected chi connectivity index (χ0v) is 13.0. The van der Waals surface area contributed by atoms with Gasteiger partial charge in [0.25, 0.3) is 0 Å². The van der Waals surface area contributed by atoms with Crippen molar-refractivity contribution < 1.29 is 9.47 Å². The number of anilines is 1. The summed E-state index contributed by atoms with van der Waals surface area (Å²) >= 11 is 5.88. The van der Waals surface area contributed by atoms with Crippen LogP contribution in [0.1, 0.15) is 12.8 Å². The highest BCUT2D eigenvalue weighted by Crippen LogP contribution is 2.21. The molecule has 0 aromatic carbocycles. The number of piperidine rings is 1. The molecule has 0 spiro atoms. The van der Waals surface area contributed by atoms with Crippen molar-refractivity contribution in [2.24, 2.45) is 0 Å². The third-order valence-corrected chi connectivity index (χ3v) is 3.75. The van der Waals surface area contributed by atoms with Crippen molar-refractivity contribution in [2.45, 2.75) is 18.9 Å². The molecule has 0 amide bonds. The minimum Gasteiger partial charge on any atom is -0.494 e. The summed E-state index contributed by atoms with van der Waals surface area (Å²) < 4.78 is 10.9. The maximum Gasteiger partial charge on any atom is 0.316 e. The van der Waals surface area contributed by atoms with Gasteiger partial charge < -0.3 is 14.4 Å². The molecule has 3 heterocycles. The molecule has 6 nitrogen and oxygen atoms in total. The van der Waals surface area contributed by atoms with Crippen LogP contribution in [0, 0.1) is 0 Å². The van der Waals surface area contributed by atoms with E-state index in [2.05, 4.69) is 19.9 Å². The molecule has 0 bridgehead atoms. The third-order valence-electron chi connectivity index (χ3n) is 3.53. The molecule has 1 fully saturated rings. The van der Waals surface area contributed by atoms with E-state index < -0.39 is 0 Å². The summed E-state index contributed by atoms with van der Waals surface area (Å²) in [6.07, 6.45) is 6.91. The molecule has 2 aromatic rings. The van der Waals surface area contributed by atoms with Crippen LogP contribution in [0.15, 0.2) is 30.7 Å². The van der Waals surface area contributed by atoms with Crippen LogP contribution in [0.2, 0.25) is 5.02 Å². The molecule has 0 N–H and O–H groups in total. The van der Waals surface area contributed by atoms with Gasteiger partial charge in [-0.2, -0.15) is 9.97 Å². The molecule has 2 aromatic heterocycles. The van der Waals surface area contributed by atoms with Crippen molar-refractivity contribution in [3.05, 3.63) is 35.7 Å². The van der Waals surface area contributed by atoms with E-state index in [9.17, 15) is 0 Å².